The molecule has 0 saturated heterocycles. The zero-order valence-electron chi connectivity index (χ0n) is 13.3. The number of pyridine rings is 1. The first-order valence-corrected chi connectivity index (χ1v) is 9.37. The highest BCUT2D eigenvalue weighted by Crippen LogP contribution is 2.42. The molecule has 2 nitrogen and oxygen atoms in total. The van der Waals surface area contributed by atoms with Gasteiger partial charge < -0.3 is 4.74 Å². The first-order chi connectivity index (χ1) is 11.7. The van der Waals surface area contributed by atoms with Gasteiger partial charge in [0.1, 0.15) is 11.6 Å². The van der Waals surface area contributed by atoms with E-state index in [-0.39, 0.29) is 12.4 Å². The van der Waals surface area contributed by atoms with Gasteiger partial charge in [0.15, 0.2) is 17.4 Å². The van der Waals surface area contributed by atoms with Crippen LogP contribution in [0.5, 0.6) is 5.75 Å². The first kappa shape index (κ1) is 15.9. The molecule has 2 fully saturated rings. The number of thioether (sulfide) groups is 1. The van der Waals surface area contributed by atoms with Crippen LogP contribution in [0.15, 0.2) is 35.5 Å². The van der Waals surface area contributed by atoms with E-state index in [0.29, 0.717) is 5.92 Å². The van der Waals surface area contributed by atoms with Gasteiger partial charge in [0.25, 0.3) is 0 Å². The summed E-state index contributed by atoms with van der Waals surface area (Å²) in [5, 5.41) is 0.889. The van der Waals surface area contributed by atoms with Crippen LogP contribution in [0.3, 0.4) is 0 Å². The standard InChI is InChI=1S/C19H19F2NOS/c20-16-8-15(13-5-6-13)9-17(21)18(16)23-10-14-2-1-7-22-19(14)24-11-12-3-4-12/h1-2,7-9,12-13H,3-6,10-11H2. The molecular formula is C19H19F2NOS. The van der Waals surface area contributed by atoms with Crippen molar-refractivity contribution in [1.82, 2.24) is 4.98 Å². The Labute approximate surface area is 144 Å². The summed E-state index contributed by atoms with van der Waals surface area (Å²) in [7, 11) is 0. The minimum absolute atomic E-state index is 0.122. The normalized spacial score (nSPS) is 17.1. The largest absolute Gasteiger partial charge is 0.483 e. The summed E-state index contributed by atoms with van der Waals surface area (Å²) in [6, 6.07) is 6.53. The van der Waals surface area contributed by atoms with E-state index in [4.69, 9.17) is 4.74 Å². The second-order valence-corrected chi connectivity index (χ2v) is 7.61. The van der Waals surface area contributed by atoms with Gasteiger partial charge in [0.05, 0.1) is 0 Å². The summed E-state index contributed by atoms with van der Waals surface area (Å²) in [4.78, 5) is 4.38. The predicted molar refractivity (Wildman–Crippen MR) is 90.4 cm³/mol. The number of hydrogen-bond acceptors (Lipinski definition) is 3. The van der Waals surface area contributed by atoms with Crippen molar-refractivity contribution < 1.29 is 13.5 Å². The molecule has 1 heterocycles. The molecule has 0 N–H and O–H groups in total. The van der Waals surface area contributed by atoms with Gasteiger partial charge in [-0.3, -0.25) is 0 Å². The molecule has 5 heteroatoms. The van der Waals surface area contributed by atoms with Crippen LogP contribution < -0.4 is 4.74 Å². The zero-order valence-corrected chi connectivity index (χ0v) is 14.1. The van der Waals surface area contributed by atoms with Gasteiger partial charge >= 0.3 is 0 Å². The number of hydrogen-bond donors (Lipinski definition) is 0. The molecule has 2 aliphatic carbocycles. The fourth-order valence-electron chi connectivity index (χ4n) is 2.66. The molecule has 2 aliphatic rings. The lowest BCUT2D eigenvalue weighted by Gasteiger charge is -2.12. The maximum absolute atomic E-state index is 14.2. The second kappa shape index (κ2) is 6.71. The molecule has 0 bridgehead atoms. The van der Waals surface area contributed by atoms with Crippen molar-refractivity contribution in [2.75, 3.05) is 5.75 Å². The van der Waals surface area contributed by atoms with E-state index in [0.717, 1.165) is 40.7 Å². The average Bonchev–Trinajstić information content (AvgIpc) is 3.47. The van der Waals surface area contributed by atoms with E-state index >= 15 is 0 Å². The Balaban J connectivity index is 1.46. The SMILES string of the molecule is Fc1cc(C2CC2)cc(F)c1OCc1cccnc1SCC1CC1. The summed E-state index contributed by atoms with van der Waals surface area (Å²) >= 11 is 1.70. The smallest absolute Gasteiger partial charge is 0.191 e. The topological polar surface area (TPSA) is 22.1 Å². The van der Waals surface area contributed by atoms with Crippen molar-refractivity contribution in [3.05, 3.63) is 53.2 Å². The lowest BCUT2D eigenvalue weighted by molar-refractivity contribution is 0.270. The quantitative estimate of drug-likeness (QED) is 0.633. The van der Waals surface area contributed by atoms with E-state index < -0.39 is 11.6 Å². The monoisotopic (exact) mass is 347 g/mol. The van der Waals surface area contributed by atoms with Crippen LogP contribution in [0.1, 0.15) is 42.7 Å². The van der Waals surface area contributed by atoms with Crippen molar-refractivity contribution in [2.24, 2.45) is 5.92 Å². The fraction of sp³-hybridized carbons (Fsp3) is 0.421. The van der Waals surface area contributed by atoms with Gasteiger partial charge in [-0.15, -0.1) is 11.8 Å². The van der Waals surface area contributed by atoms with E-state index in [2.05, 4.69) is 4.98 Å². The van der Waals surface area contributed by atoms with Crippen LogP contribution in [0.25, 0.3) is 0 Å². The number of rotatable bonds is 7. The lowest BCUT2D eigenvalue weighted by Crippen LogP contribution is -2.03. The highest BCUT2D eigenvalue weighted by atomic mass is 32.2. The highest BCUT2D eigenvalue weighted by molar-refractivity contribution is 7.99. The minimum Gasteiger partial charge on any atom is -0.483 e. The maximum Gasteiger partial charge on any atom is 0.191 e. The van der Waals surface area contributed by atoms with Gasteiger partial charge in [0, 0.05) is 17.5 Å². The number of benzene rings is 1. The third-order valence-electron chi connectivity index (χ3n) is 4.44. The number of nitrogens with zero attached hydrogens (tertiary/aromatic N) is 1. The van der Waals surface area contributed by atoms with Gasteiger partial charge in [-0.1, -0.05) is 6.07 Å². The maximum atomic E-state index is 14.2. The summed E-state index contributed by atoms with van der Waals surface area (Å²) in [6.07, 6.45) is 6.34. The Morgan fingerprint density at radius 3 is 2.54 bits per heavy atom. The molecule has 0 spiro atoms. The average molecular weight is 347 g/mol. The van der Waals surface area contributed by atoms with Crippen molar-refractivity contribution in [3.8, 4) is 5.75 Å². The van der Waals surface area contributed by atoms with Crippen molar-refractivity contribution in [2.45, 2.75) is 43.2 Å². The van der Waals surface area contributed by atoms with Crippen LogP contribution >= 0.6 is 11.8 Å². The molecule has 24 heavy (non-hydrogen) atoms. The highest BCUT2D eigenvalue weighted by Gasteiger charge is 2.26. The lowest BCUT2D eigenvalue weighted by atomic mass is 10.1. The molecule has 2 saturated carbocycles. The van der Waals surface area contributed by atoms with Crippen LogP contribution in [0, 0.1) is 17.6 Å². The summed E-state index contributed by atoms with van der Waals surface area (Å²) in [6.45, 7) is 0.122. The fourth-order valence-corrected chi connectivity index (χ4v) is 3.84. The van der Waals surface area contributed by atoms with Crippen LogP contribution in [0.2, 0.25) is 0 Å². The molecule has 126 valence electrons. The zero-order chi connectivity index (χ0) is 16.5. The summed E-state index contributed by atoms with van der Waals surface area (Å²) in [5.74, 6) is 0.618. The van der Waals surface area contributed by atoms with Crippen molar-refractivity contribution in [3.63, 3.8) is 0 Å². The molecule has 2 aromatic rings. The van der Waals surface area contributed by atoms with Gasteiger partial charge in [0.2, 0.25) is 0 Å². The molecule has 1 aromatic heterocycles. The van der Waals surface area contributed by atoms with Crippen LogP contribution in [-0.4, -0.2) is 10.7 Å². The summed E-state index contributed by atoms with van der Waals surface area (Å²) in [5.41, 5.74) is 1.60. The summed E-state index contributed by atoms with van der Waals surface area (Å²) < 4.78 is 33.8. The second-order valence-electron chi connectivity index (χ2n) is 6.60. The van der Waals surface area contributed by atoms with E-state index in [1.165, 1.54) is 25.0 Å². The number of halogens is 2. The van der Waals surface area contributed by atoms with Crippen LogP contribution in [-0.2, 0) is 6.61 Å². The van der Waals surface area contributed by atoms with E-state index in [1.54, 1.807) is 18.0 Å². The van der Waals surface area contributed by atoms with Crippen molar-refractivity contribution in [1.29, 1.82) is 0 Å². The Kier molecular flexibility index (Phi) is 4.44. The van der Waals surface area contributed by atoms with E-state index in [9.17, 15) is 8.78 Å². The predicted octanol–water partition coefficient (Wildman–Crippen LogP) is 5.32. The first-order valence-electron chi connectivity index (χ1n) is 8.39. The molecule has 0 aliphatic heterocycles. The molecule has 0 unspecified atom stereocenters. The Morgan fingerprint density at radius 2 is 1.88 bits per heavy atom. The third kappa shape index (κ3) is 3.72. The molecule has 1 aromatic carbocycles. The van der Waals surface area contributed by atoms with Gasteiger partial charge in [-0.2, -0.15) is 0 Å². The Morgan fingerprint density at radius 1 is 1.12 bits per heavy atom. The number of aromatic nitrogens is 1. The molecule has 0 amide bonds. The minimum atomic E-state index is -0.618. The van der Waals surface area contributed by atoms with Crippen molar-refractivity contribution >= 4 is 11.8 Å². The third-order valence-corrected chi connectivity index (χ3v) is 5.72. The number of ether oxygens (including phenoxy) is 1. The Hall–Kier alpha value is -1.62. The molecule has 4 rings (SSSR count). The van der Waals surface area contributed by atoms with Crippen LogP contribution in [0.4, 0.5) is 8.78 Å². The van der Waals surface area contributed by atoms with E-state index in [1.807, 2.05) is 12.1 Å². The van der Waals surface area contributed by atoms with Gasteiger partial charge in [-0.25, -0.2) is 13.8 Å². The molecule has 0 atom stereocenters. The molecule has 0 radical (unpaired) electrons. The molecular weight excluding hydrogens is 328 g/mol. The Bertz CT molecular complexity index is 721. The van der Waals surface area contributed by atoms with Gasteiger partial charge in [-0.05, 0) is 61.3 Å².